The maximum Gasteiger partial charge on any atom is 0.265 e. The highest BCUT2D eigenvalue weighted by Crippen LogP contribution is 2.34. The van der Waals surface area contributed by atoms with Gasteiger partial charge in [0.25, 0.3) is 11.8 Å². The molecular weight excluding hydrogens is 364 g/mol. The molecule has 2 aromatic heterocycles. The van der Waals surface area contributed by atoms with Crippen molar-refractivity contribution >= 4 is 40.2 Å². The van der Waals surface area contributed by atoms with E-state index in [0.717, 1.165) is 19.4 Å². The summed E-state index contributed by atoms with van der Waals surface area (Å²) in [5.41, 5.74) is 2.46. The minimum atomic E-state index is -0.151. The van der Waals surface area contributed by atoms with Gasteiger partial charge in [0.1, 0.15) is 0 Å². The Kier molecular flexibility index (Phi) is 4.86. The molecule has 0 aliphatic carbocycles. The summed E-state index contributed by atoms with van der Waals surface area (Å²) in [6.45, 7) is 0.769. The van der Waals surface area contributed by atoms with E-state index >= 15 is 0 Å². The Morgan fingerprint density at radius 2 is 2.04 bits per heavy atom. The molecular formula is C20H18N2O2S2. The zero-order valence-electron chi connectivity index (χ0n) is 14.1. The lowest BCUT2D eigenvalue weighted by Gasteiger charge is -2.24. The van der Waals surface area contributed by atoms with Crippen molar-refractivity contribution in [2.45, 2.75) is 18.9 Å². The molecule has 132 valence electrons. The molecule has 1 fully saturated rings. The Balaban J connectivity index is 1.52. The van der Waals surface area contributed by atoms with Gasteiger partial charge in [-0.3, -0.25) is 9.59 Å². The average Bonchev–Trinajstić information content (AvgIpc) is 3.43. The summed E-state index contributed by atoms with van der Waals surface area (Å²) in [6, 6.07) is 13.1. The van der Waals surface area contributed by atoms with E-state index in [1.165, 1.54) is 16.9 Å². The SMILES string of the molecule is O=C(Nc1cccc(C(=O)N2CCCC2c2ccsc2)c1)c1cccs1. The van der Waals surface area contributed by atoms with Crippen LogP contribution < -0.4 is 5.32 Å². The van der Waals surface area contributed by atoms with E-state index < -0.39 is 0 Å². The lowest BCUT2D eigenvalue weighted by Crippen LogP contribution is -2.30. The van der Waals surface area contributed by atoms with Crippen LogP contribution in [0, 0.1) is 0 Å². The fourth-order valence-corrected chi connectivity index (χ4v) is 4.64. The van der Waals surface area contributed by atoms with E-state index in [1.54, 1.807) is 23.5 Å². The van der Waals surface area contributed by atoms with Gasteiger partial charge in [-0.05, 0) is 64.9 Å². The predicted octanol–water partition coefficient (Wildman–Crippen LogP) is 5.04. The van der Waals surface area contributed by atoms with Gasteiger partial charge in [0.05, 0.1) is 10.9 Å². The molecule has 0 saturated carbocycles. The standard InChI is InChI=1S/C20H18N2O2S2/c23-19(18-7-3-10-26-18)21-16-5-1-4-14(12-16)20(24)22-9-2-6-17(22)15-8-11-25-13-15/h1,3-5,7-8,10-13,17H,2,6,9H2,(H,21,23). The first-order valence-electron chi connectivity index (χ1n) is 8.50. The highest BCUT2D eigenvalue weighted by atomic mass is 32.1. The number of benzene rings is 1. The largest absolute Gasteiger partial charge is 0.332 e. The van der Waals surface area contributed by atoms with E-state index in [2.05, 4.69) is 22.1 Å². The van der Waals surface area contributed by atoms with Crippen LogP contribution in [-0.4, -0.2) is 23.3 Å². The molecule has 1 aliphatic rings. The maximum absolute atomic E-state index is 13.0. The molecule has 4 nitrogen and oxygen atoms in total. The van der Waals surface area contributed by atoms with Gasteiger partial charge in [0.15, 0.2) is 0 Å². The van der Waals surface area contributed by atoms with Crippen LogP contribution in [0.1, 0.15) is 44.5 Å². The quantitative estimate of drug-likeness (QED) is 0.687. The van der Waals surface area contributed by atoms with Crippen LogP contribution in [0.2, 0.25) is 0 Å². The first-order chi connectivity index (χ1) is 12.7. The van der Waals surface area contributed by atoms with Crippen molar-refractivity contribution in [3.63, 3.8) is 0 Å². The van der Waals surface area contributed by atoms with E-state index in [-0.39, 0.29) is 17.9 Å². The molecule has 2 amide bonds. The van der Waals surface area contributed by atoms with Crippen molar-refractivity contribution < 1.29 is 9.59 Å². The first-order valence-corrected chi connectivity index (χ1v) is 10.3. The fraction of sp³-hybridized carbons (Fsp3) is 0.200. The third-order valence-electron chi connectivity index (χ3n) is 4.55. The van der Waals surface area contributed by atoms with Crippen LogP contribution in [0.3, 0.4) is 0 Å². The molecule has 1 unspecified atom stereocenters. The molecule has 0 radical (unpaired) electrons. The Bertz CT molecular complexity index is 904. The number of likely N-dealkylation sites (tertiary alicyclic amines) is 1. The molecule has 0 spiro atoms. The van der Waals surface area contributed by atoms with Gasteiger partial charge in [-0.15, -0.1) is 11.3 Å². The van der Waals surface area contributed by atoms with Gasteiger partial charge in [-0.1, -0.05) is 12.1 Å². The van der Waals surface area contributed by atoms with E-state index in [9.17, 15) is 9.59 Å². The smallest absolute Gasteiger partial charge is 0.265 e. The van der Waals surface area contributed by atoms with E-state index in [4.69, 9.17) is 0 Å². The number of hydrogen-bond donors (Lipinski definition) is 1. The van der Waals surface area contributed by atoms with Crippen LogP contribution in [0.25, 0.3) is 0 Å². The van der Waals surface area contributed by atoms with Crippen LogP contribution in [-0.2, 0) is 0 Å². The number of rotatable bonds is 4. The second-order valence-corrected chi connectivity index (χ2v) is 7.95. The number of anilines is 1. The van der Waals surface area contributed by atoms with Crippen molar-refractivity contribution in [2.75, 3.05) is 11.9 Å². The van der Waals surface area contributed by atoms with Crippen molar-refractivity contribution in [1.82, 2.24) is 4.90 Å². The number of carbonyl (C=O) groups excluding carboxylic acids is 2. The summed E-state index contributed by atoms with van der Waals surface area (Å²) >= 11 is 3.05. The zero-order valence-corrected chi connectivity index (χ0v) is 15.7. The topological polar surface area (TPSA) is 49.4 Å². The highest BCUT2D eigenvalue weighted by molar-refractivity contribution is 7.12. The normalized spacial score (nSPS) is 16.6. The lowest BCUT2D eigenvalue weighted by atomic mass is 10.1. The molecule has 1 N–H and O–H groups in total. The molecule has 1 atom stereocenters. The van der Waals surface area contributed by atoms with Gasteiger partial charge in [0, 0.05) is 17.8 Å². The fourth-order valence-electron chi connectivity index (χ4n) is 3.32. The third kappa shape index (κ3) is 3.43. The number of hydrogen-bond acceptors (Lipinski definition) is 4. The summed E-state index contributed by atoms with van der Waals surface area (Å²) < 4.78 is 0. The minimum absolute atomic E-state index is 0.0194. The van der Waals surface area contributed by atoms with Gasteiger partial charge < -0.3 is 10.2 Å². The molecule has 4 rings (SSSR count). The molecule has 26 heavy (non-hydrogen) atoms. The second-order valence-electron chi connectivity index (χ2n) is 6.23. The van der Waals surface area contributed by atoms with Crippen molar-refractivity contribution in [3.8, 4) is 0 Å². The van der Waals surface area contributed by atoms with Crippen molar-refractivity contribution in [1.29, 1.82) is 0 Å². The van der Waals surface area contributed by atoms with Crippen molar-refractivity contribution in [3.05, 3.63) is 74.6 Å². The van der Waals surface area contributed by atoms with Crippen LogP contribution >= 0.6 is 22.7 Å². The summed E-state index contributed by atoms with van der Waals surface area (Å²) in [4.78, 5) is 27.9. The Hall–Kier alpha value is -2.44. The molecule has 1 aliphatic heterocycles. The molecule has 1 saturated heterocycles. The second kappa shape index (κ2) is 7.43. The number of thiophene rings is 2. The van der Waals surface area contributed by atoms with Gasteiger partial charge >= 0.3 is 0 Å². The number of amides is 2. The number of nitrogens with zero attached hydrogens (tertiary/aromatic N) is 1. The number of carbonyl (C=O) groups is 2. The predicted molar refractivity (Wildman–Crippen MR) is 106 cm³/mol. The summed E-state index contributed by atoms with van der Waals surface area (Å²) in [5.74, 6) is -0.132. The van der Waals surface area contributed by atoms with E-state index in [0.29, 0.717) is 16.1 Å². The molecule has 0 bridgehead atoms. The van der Waals surface area contributed by atoms with E-state index in [1.807, 2.05) is 34.5 Å². The van der Waals surface area contributed by atoms with Crippen LogP contribution in [0.4, 0.5) is 5.69 Å². The van der Waals surface area contributed by atoms with Gasteiger partial charge in [-0.2, -0.15) is 11.3 Å². The molecule has 3 aromatic rings. The zero-order chi connectivity index (χ0) is 17.9. The Labute approximate surface area is 160 Å². The average molecular weight is 383 g/mol. The van der Waals surface area contributed by atoms with Crippen LogP contribution in [0.15, 0.2) is 58.6 Å². The monoisotopic (exact) mass is 382 g/mol. The van der Waals surface area contributed by atoms with Gasteiger partial charge in [-0.25, -0.2) is 0 Å². The number of nitrogens with one attached hydrogen (secondary N) is 1. The summed E-state index contributed by atoms with van der Waals surface area (Å²) in [5, 5.41) is 8.91. The maximum atomic E-state index is 13.0. The first kappa shape index (κ1) is 17.0. The molecule has 6 heteroatoms. The summed E-state index contributed by atoms with van der Waals surface area (Å²) in [6.07, 6.45) is 2.01. The van der Waals surface area contributed by atoms with Crippen LogP contribution in [0.5, 0.6) is 0 Å². The summed E-state index contributed by atoms with van der Waals surface area (Å²) in [7, 11) is 0. The minimum Gasteiger partial charge on any atom is -0.332 e. The molecule has 1 aromatic carbocycles. The lowest BCUT2D eigenvalue weighted by molar-refractivity contribution is 0.0735. The third-order valence-corrected chi connectivity index (χ3v) is 6.12. The molecule has 3 heterocycles. The Morgan fingerprint density at radius 3 is 2.81 bits per heavy atom. The van der Waals surface area contributed by atoms with Gasteiger partial charge in [0.2, 0.25) is 0 Å². The Morgan fingerprint density at radius 1 is 1.12 bits per heavy atom. The highest BCUT2D eigenvalue weighted by Gasteiger charge is 2.30. The van der Waals surface area contributed by atoms with Crippen molar-refractivity contribution in [2.24, 2.45) is 0 Å².